The number of hydrogen-bond acceptors (Lipinski definition) is 7. The maximum absolute atomic E-state index is 13.9. The second-order valence-corrected chi connectivity index (χ2v) is 10.6. The second kappa shape index (κ2) is 10.0. The molecule has 1 aromatic heterocycles. The smallest absolute Gasteiger partial charge is 0.274 e. The molecule has 0 bridgehead atoms. The summed E-state index contributed by atoms with van der Waals surface area (Å²) in [5, 5.41) is 3.99. The number of hydrogen-bond donors (Lipinski definition) is 1. The minimum absolute atomic E-state index is 0.0773. The Morgan fingerprint density at radius 3 is 2.70 bits per heavy atom. The van der Waals surface area contributed by atoms with Crippen LogP contribution in [0.4, 0.5) is 0 Å². The molecule has 0 unspecified atom stereocenters. The van der Waals surface area contributed by atoms with Crippen molar-refractivity contribution in [3.8, 4) is 27.7 Å². The normalized spacial score (nSPS) is 16.2. The summed E-state index contributed by atoms with van der Waals surface area (Å²) < 4.78 is 16.7. The molecule has 0 spiro atoms. The van der Waals surface area contributed by atoms with E-state index in [0.29, 0.717) is 55.0 Å². The van der Waals surface area contributed by atoms with Gasteiger partial charge in [-0.05, 0) is 55.5 Å². The van der Waals surface area contributed by atoms with Gasteiger partial charge in [0.1, 0.15) is 24.7 Å². The lowest BCUT2D eigenvalue weighted by Crippen LogP contribution is -2.40. The van der Waals surface area contributed by atoms with Gasteiger partial charge in [0.25, 0.3) is 11.8 Å². The third-order valence-electron chi connectivity index (χ3n) is 6.80. The van der Waals surface area contributed by atoms with Crippen molar-refractivity contribution >= 4 is 23.2 Å². The number of ether oxygens (including phenoxy) is 3. The van der Waals surface area contributed by atoms with E-state index in [9.17, 15) is 9.59 Å². The molecule has 2 heterocycles. The summed E-state index contributed by atoms with van der Waals surface area (Å²) in [6.45, 7) is 1.62. The number of rotatable bonds is 9. The Morgan fingerprint density at radius 1 is 1.11 bits per heavy atom. The van der Waals surface area contributed by atoms with E-state index in [4.69, 9.17) is 19.2 Å². The Bertz CT molecular complexity index is 1330. The number of nitrogens with zero attached hydrogens (tertiary/aromatic N) is 2. The molecule has 9 heteroatoms. The molecule has 2 fully saturated rings. The fraction of sp³-hybridized carbons (Fsp3) is 0.393. The van der Waals surface area contributed by atoms with Crippen LogP contribution < -0.4 is 19.5 Å². The van der Waals surface area contributed by atoms with Crippen molar-refractivity contribution in [2.45, 2.75) is 37.6 Å². The summed E-state index contributed by atoms with van der Waals surface area (Å²) in [6, 6.07) is 13.3. The summed E-state index contributed by atoms with van der Waals surface area (Å²) in [7, 11) is 1.64. The number of amides is 2. The number of aromatic nitrogens is 1. The van der Waals surface area contributed by atoms with Crippen LogP contribution in [-0.2, 0) is 0 Å². The van der Waals surface area contributed by atoms with E-state index in [1.54, 1.807) is 36.6 Å². The van der Waals surface area contributed by atoms with Crippen LogP contribution in [0.1, 0.15) is 57.5 Å². The Balaban J connectivity index is 1.20. The minimum atomic E-state index is -0.243. The number of nitrogens with one attached hydrogen (secondary N) is 1. The van der Waals surface area contributed by atoms with Crippen molar-refractivity contribution in [3.63, 3.8) is 0 Å². The van der Waals surface area contributed by atoms with Gasteiger partial charge >= 0.3 is 0 Å². The molecule has 2 aromatic carbocycles. The van der Waals surface area contributed by atoms with Crippen LogP contribution in [-0.4, -0.2) is 61.2 Å². The molecular formula is C28H29N3O5S. The van der Waals surface area contributed by atoms with Crippen molar-refractivity contribution < 1.29 is 23.8 Å². The van der Waals surface area contributed by atoms with Gasteiger partial charge in [-0.15, -0.1) is 11.3 Å². The lowest BCUT2D eigenvalue weighted by Gasteiger charge is -2.23. The largest absolute Gasteiger partial charge is 0.497 e. The third kappa shape index (κ3) is 5.00. The van der Waals surface area contributed by atoms with E-state index in [-0.39, 0.29) is 17.9 Å². The highest BCUT2D eigenvalue weighted by Crippen LogP contribution is 2.45. The van der Waals surface area contributed by atoms with E-state index in [1.165, 1.54) is 0 Å². The van der Waals surface area contributed by atoms with Crippen molar-refractivity contribution in [2.75, 3.05) is 33.4 Å². The molecule has 3 aromatic rings. The molecule has 0 radical (unpaired) electrons. The molecule has 8 nitrogen and oxygen atoms in total. The molecular weight excluding hydrogens is 490 g/mol. The molecule has 2 amide bonds. The van der Waals surface area contributed by atoms with Gasteiger partial charge in [-0.25, -0.2) is 4.98 Å². The number of para-hydroxylation sites is 1. The van der Waals surface area contributed by atoms with Crippen molar-refractivity contribution in [1.82, 2.24) is 15.2 Å². The van der Waals surface area contributed by atoms with Crippen LogP contribution in [0.15, 0.2) is 42.5 Å². The zero-order valence-electron chi connectivity index (χ0n) is 20.7. The average Bonchev–Trinajstić information content (AvgIpc) is 3.88. The first-order valence-electron chi connectivity index (χ1n) is 12.8. The molecule has 3 aliphatic rings. The summed E-state index contributed by atoms with van der Waals surface area (Å²) >= 11 is 1.61. The Labute approximate surface area is 219 Å². The Morgan fingerprint density at radius 2 is 1.92 bits per heavy atom. The predicted molar refractivity (Wildman–Crippen MR) is 140 cm³/mol. The molecule has 0 atom stereocenters. The standard InChI is InChI=1S/C28H29N3O5S/c1-34-20-5-2-4-18(16-20)25-23(30-27(37-25)17-8-9-17)28(33)31(19-10-11-19)13-12-29-26(32)21-6-3-7-22-24(21)36-15-14-35-22/h2-7,16-17,19H,8-15H2,1H3,(H,29,32). The lowest BCUT2D eigenvalue weighted by molar-refractivity contribution is 0.0731. The van der Waals surface area contributed by atoms with Gasteiger partial charge < -0.3 is 24.4 Å². The number of methoxy groups -OCH3 is 1. The highest BCUT2D eigenvalue weighted by Gasteiger charge is 2.37. The molecule has 1 aliphatic heterocycles. The zero-order chi connectivity index (χ0) is 25.4. The minimum Gasteiger partial charge on any atom is -0.497 e. The van der Waals surface area contributed by atoms with Crippen LogP contribution in [0, 0.1) is 0 Å². The molecule has 6 rings (SSSR count). The monoisotopic (exact) mass is 519 g/mol. The van der Waals surface area contributed by atoms with E-state index in [0.717, 1.165) is 46.9 Å². The molecule has 0 saturated heterocycles. The Hall–Kier alpha value is -3.59. The van der Waals surface area contributed by atoms with Gasteiger partial charge in [-0.2, -0.15) is 0 Å². The first-order valence-corrected chi connectivity index (χ1v) is 13.6. The first kappa shape index (κ1) is 23.8. The fourth-order valence-electron chi connectivity index (χ4n) is 4.56. The molecule has 2 aliphatic carbocycles. The highest BCUT2D eigenvalue weighted by atomic mass is 32.1. The van der Waals surface area contributed by atoms with Gasteiger partial charge in [0, 0.05) is 25.0 Å². The van der Waals surface area contributed by atoms with Gasteiger partial charge in [0.2, 0.25) is 0 Å². The van der Waals surface area contributed by atoms with Crippen molar-refractivity contribution in [2.24, 2.45) is 0 Å². The van der Waals surface area contributed by atoms with Crippen LogP contribution in [0.25, 0.3) is 10.4 Å². The predicted octanol–water partition coefficient (Wildman–Crippen LogP) is 4.50. The molecule has 192 valence electrons. The lowest BCUT2D eigenvalue weighted by atomic mass is 10.1. The average molecular weight is 520 g/mol. The van der Waals surface area contributed by atoms with Crippen molar-refractivity contribution in [3.05, 3.63) is 58.7 Å². The van der Waals surface area contributed by atoms with Gasteiger partial charge in [-0.3, -0.25) is 9.59 Å². The molecule has 37 heavy (non-hydrogen) atoms. The van der Waals surface area contributed by atoms with E-state index >= 15 is 0 Å². The molecule has 1 N–H and O–H groups in total. The quantitative estimate of drug-likeness (QED) is 0.448. The first-order chi connectivity index (χ1) is 18.1. The topological polar surface area (TPSA) is 90.0 Å². The van der Waals surface area contributed by atoms with Gasteiger partial charge in [0.15, 0.2) is 11.5 Å². The van der Waals surface area contributed by atoms with E-state index in [1.807, 2.05) is 29.2 Å². The maximum atomic E-state index is 13.9. The summed E-state index contributed by atoms with van der Waals surface area (Å²) in [6.07, 6.45) is 4.17. The SMILES string of the molecule is COc1cccc(-c2sc(C3CC3)nc2C(=O)N(CCNC(=O)c2cccc3c2OCCO3)C2CC2)c1. The van der Waals surface area contributed by atoms with Crippen LogP contribution in [0.5, 0.6) is 17.2 Å². The maximum Gasteiger partial charge on any atom is 0.274 e. The Kier molecular flexibility index (Phi) is 6.46. The zero-order valence-corrected chi connectivity index (χ0v) is 21.5. The highest BCUT2D eigenvalue weighted by molar-refractivity contribution is 7.15. The third-order valence-corrected chi connectivity index (χ3v) is 8.07. The van der Waals surface area contributed by atoms with Gasteiger partial charge in [-0.1, -0.05) is 18.2 Å². The van der Waals surface area contributed by atoms with Crippen LogP contribution in [0.2, 0.25) is 0 Å². The number of carbonyl (C=O) groups excluding carboxylic acids is 2. The second-order valence-electron chi connectivity index (χ2n) is 9.55. The summed E-state index contributed by atoms with van der Waals surface area (Å²) in [4.78, 5) is 34.4. The summed E-state index contributed by atoms with van der Waals surface area (Å²) in [5.74, 6) is 1.93. The number of carbonyl (C=O) groups is 2. The van der Waals surface area contributed by atoms with Gasteiger partial charge in [0.05, 0.1) is 22.6 Å². The molecule has 2 saturated carbocycles. The van der Waals surface area contributed by atoms with E-state index in [2.05, 4.69) is 5.32 Å². The van der Waals surface area contributed by atoms with Crippen LogP contribution >= 0.6 is 11.3 Å². The summed E-state index contributed by atoms with van der Waals surface area (Å²) in [5.41, 5.74) is 1.88. The van der Waals surface area contributed by atoms with E-state index < -0.39 is 0 Å². The number of fused-ring (bicyclic) bond motifs is 1. The van der Waals surface area contributed by atoms with Crippen LogP contribution in [0.3, 0.4) is 0 Å². The number of benzene rings is 2. The van der Waals surface area contributed by atoms with Crippen molar-refractivity contribution in [1.29, 1.82) is 0 Å². The number of thiazole rings is 1. The fourth-order valence-corrected chi connectivity index (χ4v) is 5.78.